The lowest BCUT2D eigenvalue weighted by molar-refractivity contribution is -0.138. The molecule has 8 heteroatoms. The van der Waals surface area contributed by atoms with Gasteiger partial charge in [0.05, 0.1) is 29.4 Å². The van der Waals surface area contributed by atoms with Crippen LogP contribution in [0.4, 0.5) is 13.2 Å². The summed E-state index contributed by atoms with van der Waals surface area (Å²) in [4.78, 5) is 33.8. The van der Waals surface area contributed by atoms with Crippen molar-refractivity contribution >= 4 is 16.8 Å². The zero-order chi connectivity index (χ0) is 21.7. The SMILES string of the molecule is CCCCN(Cc1nc2ccccc2c(=O)[nH]1)C(=O)Cc1cccc(C(F)(F)F)c1. The number of para-hydroxylation sites is 1. The zero-order valence-corrected chi connectivity index (χ0v) is 16.5. The summed E-state index contributed by atoms with van der Waals surface area (Å²) in [5.41, 5.74) is -0.266. The van der Waals surface area contributed by atoms with Crippen molar-refractivity contribution in [1.82, 2.24) is 14.9 Å². The lowest BCUT2D eigenvalue weighted by Gasteiger charge is -2.22. The standard InChI is InChI=1S/C22H22F3N3O2/c1-2-3-11-28(14-19-26-18-10-5-4-9-17(18)21(30)27-19)20(29)13-15-7-6-8-16(12-15)22(23,24)25/h4-10,12H,2-3,11,13-14H2,1H3,(H,26,27,30). The number of aromatic nitrogens is 2. The van der Waals surface area contributed by atoms with E-state index in [2.05, 4.69) is 9.97 Å². The fraction of sp³-hybridized carbons (Fsp3) is 0.318. The average molecular weight is 417 g/mol. The number of nitrogens with zero attached hydrogens (tertiary/aromatic N) is 2. The number of carbonyl (C=O) groups is 1. The highest BCUT2D eigenvalue weighted by molar-refractivity contribution is 5.79. The van der Waals surface area contributed by atoms with Gasteiger partial charge >= 0.3 is 6.18 Å². The van der Waals surface area contributed by atoms with Crippen LogP contribution in [0.25, 0.3) is 10.9 Å². The second-order valence-electron chi connectivity index (χ2n) is 7.07. The number of H-pyrrole nitrogens is 1. The van der Waals surface area contributed by atoms with Gasteiger partial charge in [-0.25, -0.2) is 4.98 Å². The number of alkyl halides is 3. The Morgan fingerprint density at radius 1 is 1.13 bits per heavy atom. The fourth-order valence-corrected chi connectivity index (χ4v) is 3.18. The molecule has 0 aliphatic rings. The van der Waals surface area contributed by atoms with Crippen LogP contribution in [-0.2, 0) is 23.9 Å². The molecule has 0 spiro atoms. The monoisotopic (exact) mass is 417 g/mol. The topological polar surface area (TPSA) is 66.1 Å². The minimum atomic E-state index is -4.46. The molecule has 3 rings (SSSR count). The maximum Gasteiger partial charge on any atom is 0.416 e. The third kappa shape index (κ3) is 5.25. The summed E-state index contributed by atoms with van der Waals surface area (Å²) in [5.74, 6) is 0.0192. The second-order valence-corrected chi connectivity index (χ2v) is 7.07. The number of hydrogen-bond acceptors (Lipinski definition) is 3. The Balaban J connectivity index is 1.82. The molecule has 1 heterocycles. The number of hydrogen-bond donors (Lipinski definition) is 1. The normalized spacial score (nSPS) is 11.6. The van der Waals surface area contributed by atoms with E-state index in [1.165, 1.54) is 17.0 Å². The second kappa shape index (κ2) is 9.11. The minimum Gasteiger partial charge on any atom is -0.335 e. The summed E-state index contributed by atoms with van der Waals surface area (Å²) in [6.07, 6.45) is -3.05. The number of carbonyl (C=O) groups excluding carboxylic acids is 1. The average Bonchev–Trinajstić information content (AvgIpc) is 2.70. The Morgan fingerprint density at radius 2 is 1.90 bits per heavy atom. The van der Waals surface area contributed by atoms with Gasteiger partial charge in [-0.3, -0.25) is 9.59 Å². The molecule has 0 aliphatic carbocycles. The smallest absolute Gasteiger partial charge is 0.335 e. The number of benzene rings is 2. The van der Waals surface area contributed by atoms with Crippen LogP contribution in [0.2, 0.25) is 0 Å². The Kier molecular flexibility index (Phi) is 6.54. The van der Waals surface area contributed by atoms with Crippen molar-refractivity contribution < 1.29 is 18.0 Å². The zero-order valence-electron chi connectivity index (χ0n) is 16.5. The molecule has 2 aromatic carbocycles. The Hall–Kier alpha value is -3.16. The highest BCUT2D eigenvalue weighted by Crippen LogP contribution is 2.29. The van der Waals surface area contributed by atoms with E-state index >= 15 is 0 Å². The molecular weight excluding hydrogens is 395 g/mol. The first-order valence-electron chi connectivity index (χ1n) is 9.69. The van der Waals surface area contributed by atoms with Crippen LogP contribution < -0.4 is 5.56 Å². The summed E-state index contributed by atoms with van der Waals surface area (Å²) in [6.45, 7) is 2.48. The molecule has 0 radical (unpaired) electrons. The summed E-state index contributed by atoms with van der Waals surface area (Å²) in [6, 6.07) is 11.7. The van der Waals surface area contributed by atoms with Crippen molar-refractivity contribution in [3.63, 3.8) is 0 Å². The van der Waals surface area contributed by atoms with Crippen LogP contribution >= 0.6 is 0 Å². The van der Waals surface area contributed by atoms with Crippen LogP contribution in [0.1, 0.15) is 36.7 Å². The van der Waals surface area contributed by atoms with Gasteiger partial charge in [0.25, 0.3) is 5.56 Å². The number of nitrogens with one attached hydrogen (secondary N) is 1. The predicted octanol–water partition coefficient (Wildman–Crippen LogP) is 4.31. The third-order valence-corrected chi connectivity index (χ3v) is 4.75. The maximum absolute atomic E-state index is 12.9. The van der Waals surface area contributed by atoms with Crippen LogP contribution in [0, 0.1) is 0 Å². The van der Waals surface area contributed by atoms with E-state index in [1.807, 2.05) is 6.92 Å². The summed E-state index contributed by atoms with van der Waals surface area (Å²) >= 11 is 0. The van der Waals surface area contributed by atoms with Crippen molar-refractivity contribution in [2.24, 2.45) is 0 Å². The van der Waals surface area contributed by atoms with Crippen molar-refractivity contribution in [2.45, 2.75) is 38.9 Å². The molecule has 3 aromatic rings. The van der Waals surface area contributed by atoms with Gasteiger partial charge < -0.3 is 9.88 Å². The van der Waals surface area contributed by atoms with Crippen molar-refractivity contribution in [3.8, 4) is 0 Å². The number of fused-ring (bicyclic) bond motifs is 1. The van der Waals surface area contributed by atoms with E-state index in [0.29, 0.717) is 23.3 Å². The number of aromatic amines is 1. The van der Waals surface area contributed by atoms with Crippen molar-refractivity contribution in [2.75, 3.05) is 6.54 Å². The van der Waals surface area contributed by atoms with E-state index in [9.17, 15) is 22.8 Å². The number of unbranched alkanes of at least 4 members (excludes halogenated alkanes) is 1. The Labute approximate surface area is 171 Å². The Morgan fingerprint density at radius 3 is 2.63 bits per heavy atom. The van der Waals surface area contributed by atoms with Crippen LogP contribution in [0.15, 0.2) is 53.3 Å². The van der Waals surface area contributed by atoms with Crippen molar-refractivity contribution in [3.05, 3.63) is 75.8 Å². The van der Waals surface area contributed by atoms with Gasteiger partial charge in [-0.05, 0) is 30.2 Å². The lowest BCUT2D eigenvalue weighted by Crippen LogP contribution is -2.34. The molecule has 158 valence electrons. The molecule has 1 amide bonds. The quantitative estimate of drug-likeness (QED) is 0.623. The van der Waals surface area contributed by atoms with Crippen molar-refractivity contribution in [1.29, 1.82) is 0 Å². The molecule has 0 aliphatic heterocycles. The van der Waals surface area contributed by atoms with Gasteiger partial charge in [-0.15, -0.1) is 0 Å². The molecule has 30 heavy (non-hydrogen) atoms. The maximum atomic E-state index is 12.9. The summed E-state index contributed by atoms with van der Waals surface area (Å²) in [7, 11) is 0. The first-order valence-corrected chi connectivity index (χ1v) is 9.69. The van der Waals surface area contributed by atoms with Gasteiger partial charge in [0.15, 0.2) is 0 Å². The number of halogens is 3. The molecule has 5 nitrogen and oxygen atoms in total. The number of amides is 1. The third-order valence-electron chi connectivity index (χ3n) is 4.75. The van der Waals surface area contributed by atoms with Gasteiger partial charge in [0.1, 0.15) is 5.82 Å². The van der Waals surface area contributed by atoms with Gasteiger partial charge in [0, 0.05) is 6.54 Å². The van der Waals surface area contributed by atoms with Crippen LogP contribution in [0.5, 0.6) is 0 Å². The van der Waals surface area contributed by atoms with Gasteiger partial charge in [0.2, 0.25) is 5.91 Å². The minimum absolute atomic E-state index is 0.0812. The molecule has 0 unspecified atom stereocenters. The molecule has 0 atom stereocenters. The van der Waals surface area contributed by atoms with Crippen LogP contribution in [0.3, 0.4) is 0 Å². The molecule has 0 saturated heterocycles. The molecule has 1 N–H and O–H groups in total. The Bertz CT molecular complexity index is 1090. The lowest BCUT2D eigenvalue weighted by atomic mass is 10.1. The van der Waals surface area contributed by atoms with E-state index in [0.717, 1.165) is 25.0 Å². The van der Waals surface area contributed by atoms with E-state index in [1.54, 1.807) is 24.3 Å². The largest absolute Gasteiger partial charge is 0.416 e. The van der Waals surface area contributed by atoms with Gasteiger partial charge in [-0.2, -0.15) is 13.2 Å². The summed E-state index contributed by atoms with van der Waals surface area (Å²) < 4.78 is 38.8. The fourth-order valence-electron chi connectivity index (χ4n) is 3.18. The van der Waals surface area contributed by atoms with Crippen LogP contribution in [-0.4, -0.2) is 27.3 Å². The molecule has 1 aromatic heterocycles. The first kappa shape index (κ1) is 21.5. The van der Waals surface area contributed by atoms with E-state index in [-0.39, 0.29) is 30.0 Å². The highest BCUT2D eigenvalue weighted by Gasteiger charge is 2.30. The molecule has 0 saturated carbocycles. The molecule has 0 bridgehead atoms. The molecule has 0 fully saturated rings. The molecular formula is C22H22F3N3O2. The number of rotatable bonds is 7. The van der Waals surface area contributed by atoms with Gasteiger partial charge in [-0.1, -0.05) is 43.7 Å². The predicted molar refractivity (Wildman–Crippen MR) is 108 cm³/mol. The van der Waals surface area contributed by atoms with E-state index in [4.69, 9.17) is 0 Å². The van der Waals surface area contributed by atoms with E-state index < -0.39 is 11.7 Å². The summed E-state index contributed by atoms with van der Waals surface area (Å²) in [5, 5.41) is 0.455. The highest BCUT2D eigenvalue weighted by atomic mass is 19.4. The first-order chi connectivity index (χ1) is 14.3.